The number of anilines is 2. The van der Waals surface area contributed by atoms with Gasteiger partial charge in [-0.05, 0) is 55.6 Å². The Morgan fingerprint density at radius 1 is 0.929 bits per heavy atom. The minimum Gasteiger partial charge on any atom is -0.326 e. The standard InChI is InChI=1S/C27H22F8N3O3P/c1-42(2,41)21-6-4-3-5-15(21)16-8-10-20(22(23(16)29)27(33,34)35)38-12-11-19(24(38)39)37-25(40)36-18-9-7-14(13-17(18)28)26(30,31)32/h3-10,13,19H,11-12H2,1-2H3,(H2,36,37,40). The van der Waals surface area contributed by atoms with E-state index < -0.39 is 77.2 Å². The molecule has 1 fully saturated rings. The molecule has 3 aromatic rings. The number of urea groups is 1. The number of benzene rings is 3. The Balaban J connectivity index is 1.60. The first-order chi connectivity index (χ1) is 19.4. The molecule has 3 amide bonds. The first kappa shape index (κ1) is 31.0. The van der Waals surface area contributed by atoms with Crippen molar-refractivity contribution in [1.82, 2.24) is 5.32 Å². The number of hydrogen-bond donors (Lipinski definition) is 2. The number of nitrogens with zero attached hydrogens (tertiary/aromatic N) is 1. The first-order valence-corrected chi connectivity index (χ1v) is 14.8. The third-order valence-corrected chi connectivity index (χ3v) is 8.07. The van der Waals surface area contributed by atoms with Gasteiger partial charge in [0.15, 0.2) is 0 Å². The molecule has 0 saturated carbocycles. The van der Waals surface area contributed by atoms with Crippen molar-refractivity contribution in [2.24, 2.45) is 0 Å². The van der Waals surface area contributed by atoms with Gasteiger partial charge in [-0.25, -0.2) is 13.6 Å². The predicted molar refractivity (Wildman–Crippen MR) is 140 cm³/mol. The van der Waals surface area contributed by atoms with Crippen LogP contribution in [0.5, 0.6) is 0 Å². The maximum atomic E-state index is 15.6. The van der Waals surface area contributed by atoms with Crippen molar-refractivity contribution in [3.05, 3.63) is 77.4 Å². The number of halogens is 8. The average molecular weight is 619 g/mol. The van der Waals surface area contributed by atoms with E-state index >= 15 is 4.39 Å². The van der Waals surface area contributed by atoms with Gasteiger partial charge in [0.1, 0.15) is 30.4 Å². The Labute approximate surface area is 234 Å². The Bertz CT molecular complexity index is 1600. The molecular weight excluding hydrogens is 597 g/mol. The van der Waals surface area contributed by atoms with Crippen molar-refractivity contribution >= 4 is 35.8 Å². The summed E-state index contributed by atoms with van der Waals surface area (Å²) >= 11 is 0. The number of nitrogens with one attached hydrogen (secondary N) is 2. The minimum absolute atomic E-state index is 0.000144. The highest BCUT2D eigenvalue weighted by Gasteiger charge is 2.43. The van der Waals surface area contributed by atoms with Gasteiger partial charge in [0, 0.05) is 17.4 Å². The topological polar surface area (TPSA) is 78.5 Å². The number of rotatable bonds is 5. The Hall–Kier alpha value is -3.93. The molecule has 15 heteroatoms. The van der Waals surface area contributed by atoms with Crippen LogP contribution < -0.4 is 20.8 Å². The van der Waals surface area contributed by atoms with Crippen LogP contribution in [-0.2, 0) is 21.7 Å². The van der Waals surface area contributed by atoms with Gasteiger partial charge in [0.05, 0.1) is 16.9 Å². The lowest BCUT2D eigenvalue weighted by molar-refractivity contribution is -0.139. The molecule has 0 spiro atoms. The smallest absolute Gasteiger partial charge is 0.326 e. The molecule has 6 nitrogen and oxygen atoms in total. The number of hydrogen-bond acceptors (Lipinski definition) is 3. The maximum Gasteiger partial charge on any atom is 0.421 e. The molecule has 3 aromatic carbocycles. The number of amides is 3. The van der Waals surface area contributed by atoms with Crippen molar-refractivity contribution in [3.8, 4) is 11.1 Å². The molecule has 0 bridgehead atoms. The van der Waals surface area contributed by atoms with Crippen LogP contribution in [0.1, 0.15) is 17.5 Å². The molecule has 1 atom stereocenters. The third-order valence-electron chi connectivity index (χ3n) is 6.52. The number of alkyl halides is 6. The highest BCUT2D eigenvalue weighted by atomic mass is 31.2. The van der Waals surface area contributed by atoms with Gasteiger partial charge in [-0.3, -0.25) is 4.79 Å². The van der Waals surface area contributed by atoms with Crippen LogP contribution in [0, 0.1) is 11.6 Å². The predicted octanol–water partition coefficient (Wildman–Crippen LogP) is 6.84. The molecule has 224 valence electrons. The van der Waals surface area contributed by atoms with Gasteiger partial charge in [0.25, 0.3) is 0 Å². The molecule has 0 aliphatic carbocycles. The first-order valence-electron chi connectivity index (χ1n) is 12.2. The molecule has 1 aliphatic rings. The summed E-state index contributed by atoms with van der Waals surface area (Å²) in [7, 11) is -3.03. The summed E-state index contributed by atoms with van der Waals surface area (Å²) in [6.07, 6.45) is -10.3. The Morgan fingerprint density at radius 2 is 1.60 bits per heavy atom. The molecule has 1 heterocycles. The quantitative estimate of drug-likeness (QED) is 0.243. The molecular formula is C27H22F8N3O3P. The molecule has 1 unspecified atom stereocenters. The fraction of sp³-hybridized carbons (Fsp3) is 0.259. The van der Waals surface area contributed by atoms with E-state index in [1.54, 1.807) is 0 Å². The van der Waals surface area contributed by atoms with Crippen LogP contribution in [0.25, 0.3) is 11.1 Å². The van der Waals surface area contributed by atoms with E-state index in [9.17, 15) is 44.9 Å². The zero-order chi connectivity index (χ0) is 31.2. The minimum atomic E-state index is -5.25. The van der Waals surface area contributed by atoms with Crippen LogP contribution in [0.3, 0.4) is 0 Å². The van der Waals surface area contributed by atoms with Crippen molar-refractivity contribution < 1.29 is 49.3 Å². The van der Waals surface area contributed by atoms with Crippen LogP contribution in [0.2, 0.25) is 0 Å². The van der Waals surface area contributed by atoms with Gasteiger partial charge in [0.2, 0.25) is 5.91 Å². The summed E-state index contributed by atoms with van der Waals surface area (Å²) < 4.78 is 123. The zero-order valence-electron chi connectivity index (χ0n) is 21.8. The van der Waals surface area contributed by atoms with E-state index in [0.717, 1.165) is 12.1 Å². The summed E-state index contributed by atoms with van der Waals surface area (Å²) in [5.74, 6) is -4.11. The van der Waals surface area contributed by atoms with Crippen molar-refractivity contribution in [2.45, 2.75) is 24.8 Å². The summed E-state index contributed by atoms with van der Waals surface area (Å²) in [6, 6.07) is 6.44. The highest BCUT2D eigenvalue weighted by Crippen LogP contribution is 2.45. The van der Waals surface area contributed by atoms with Crippen molar-refractivity contribution in [1.29, 1.82) is 0 Å². The van der Waals surface area contributed by atoms with E-state index in [2.05, 4.69) is 5.32 Å². The second-order valence-corrected chi connectivity index (χ2v) is 13.0. The Morgan fingerprint density at radius 3 is 2.19 bits per heavy atom. The van der Waals surface area contributed by atoms with E-state index in [4.69, 9.17) is 0 Å². The molecule has 1 aliphatic heterocycles. The lowest BCUT2D eigenvalue weighted by Gasteiger charge is -2.24. The summed E-state index contributed by atoms with van der Waals surface area (Å²) in [5.41, 5.74) is -4.94. The van der Waals surface area contributed by atoms with Gasteiger partial charge in [-0.1, -0.05) is 24.3 Å². The SMILES string of the molecule is CP(C)(=O)c1ccccc1-c1ccc(N2CCC(NC(=O)Nc3ccc(C(F)(F)F)cc3F)C2=O)c(C(F)(F)F)c1F. The highest BCUT2D eigenvalue weighted by molar-refractivity contribution is 7.70. The van der Waals surface area contributed by atoms with Crippen molar-refractivity contribution in [3.63, 3.8) is 0 Å². The van der Waals surface area contributed by atoms with E-state index in [1.807, 2.05) is 5.32 Å². The normalized spacial score (nSPS) is 16.1. The molecule has 0 radical (unpaired) electrons. The van der Waals surface area contributed by atoms with Crippen LogP contribution in [-0.4, -0.2) is 37.9 Å². The van der Waals surface area contributed by atoms with E-state index in [1.165, 1.54) is 37.6 Å². The molecule has 4 rings (SSSR count). The lowest BCUT2D eigenvalue weighted by Crippen LogP contribution is -2.43. The van der Waals surface area contributed by atoms with Crippen LogP contribution >= 0.6 is 7.14 Å². The fourth-order valence-electron chi connectivity index (χ4n) is 4.60. The van der Waals surface area contributed by atoms with E-state index in [0.29, 0.717) is 17.0 Å². The molecule has 2 N–H and O–H groups in total. The molecule has 42 heavy (non-hydrogen) atoms. The van der Waals surface area contributed by atoms with Crippen LogP contribution in [0.4, 0.5) is 51.3 Å². The third kappa shape index (κ3) is 6.28. The molecule has 0 aromatic heterocycles. The average Bonchev–Trinajstić information content (AvgIpc) is 3.22. The Kier molecular flexibility index (Phi) is 8.16. The largest absolute Gasteiger partial charge is 0.421 e. The summed E-state index contributed by atoms with van der Waals surface area (Å²) in [6.45, 7) is 2.43. The van der Waals surface area contributed by atoms with Gasteiger partial charge in [-0.2, -0.15) is 26.3 Å². The van der Waals surface area contributed by atoms with Crippen LogP contribution in [0.15, 0.2) is 54.6 Å². The number of carbonyl (C=O) groups is 2. The van der Waals surface area contributed by atoms with E-state index in [-0.39, 0.29) is 29.9 Å². The second-order valence-electron chi connectivity index (χ2n) is 9.81. The summed E-state index contributed by atoms with van der Waals surface area (Å²) in [5, 5.41) is 4.27. The second kappa shape index (κ2) is 11.0. The summed E-state index contributed by atoms with van der Waals surface area (Å²) in [4.78, 5) is 26.0. The fourth-order valence-corrected chi connectivity index (χ4v) is 5.82. The van der Waals surface area contributed by atoms with Gasteiger partial charge >= 0.3 is 18.4 Å². The number of carbonyl (C=O) groups excluding carboxylic acids is 2. The maximum absolute atomic E-state index is 15.6. The molecule has 1 saturated heterocycles. The monoisotopic (exact) mass is 619 g/mol. The van der Waals surface area contributed by atoms with Gasteiger partial charge in [-0.15, -0.1) is 0 Å². The lowest BCUT2D eigenvalue weighted by atomic mass is 9.99. The van der Waals surface area contributed by atoms with Crippen molar-refractivity contribution in [2.75, 3.05) is 30.1 Å². The van der Waals surface area contributed by atoms with Gasteiger partial charge < -0.3 is 20.1 Å². The zero-order valence-corrected chi connectivity index (χ0v) is 22.7.